The molecule has 0 bridgehead atoms. The van der Waals surface area contributed by atoms with Crippen LogP contribution in [0.15, 0.2) is 30.3 Å². The Morgan fingerprint density at radius 3 is 2.59 bits per heavy atom. The molecule has 1 amide bonds. The summed E-state index contributed by atoms with van der Waals surface area (Å²) >= 11 is 0. The Morgan fingerprint density at radius 2 is 2.00 bits per heavy atom. The molecule has 1 aromatic carbocycles. The third-order valence-electron chi connectivity index (χ3n) is 4.73. The highest BCUT2D eigenvalue weighted by Crippen LogP contribution is 2.29. The van der Waals surface area contributed by atoms with Crippen molar-refractivity contribution in [1.82, 2.24) is 15.1 Å². The fourth-order valence-electron chi connectivity index (χ4n) is 3.47. The van der Waals surface area contributed by atoms with Gasteiger partial charge >= 0.3 is 6.18 Å². The van der Waals surface area contributed by atoms with E-state index in [0.29, 0.717) is 12.1 Å². The smallest absolute Gasteiger partial charge is 0.355 e. The van der Waals surface area contributed by atoms with E-state index < -0.39 is 11.7 Å². The highest BCUT2D eigenvalue weighted by atomic mass is 19.4. The van der Waals surface area contributed by atoms with Crippen LogP contribution in [0.3, 0.4) is 0 Å². The minimum absolute atomic E-state index is 0.0101. The van der Waals surface area contributed by atoms with Gasteiger partial charge in [-0.3, -0.25) is 9.48 Å². The van der Waals surface area contributed by atoms with Crippen molar-refractivity contribution in [2.45, 2.75) is 38.4 Å². The first-order chi connectivity index (χ1) is 12.7. The molecule has 5 nitrogen and oxygen atoms in total. The summed E-state index contributed by atoms with van der Waals surface area (Å²) in [5.41, 5.74) is 0.803. The number of amides is 1. The Labute approximate surface area is 156 Å². The molecule has 1 saturated heterocycles. The zero-order chi connectivity index (χ0) is 19.6. The van der Waals surface area contributed by atoms with Gasteiger partial charge in [-0.2, -0.15) is 18.3 Å². The molecule has 0 aliphatic carbocycles. The summed E-state index contributed by atoms with van der Waals surface area (Å²) in [5, 5.41) is 7.37. The van der Waals surface area contributed by atoms with E-state index in [1.54, 1.807) is 0 Å². The first-order valence-corrected chi connectivity index (χ1v) is 8.93. The fourth-order valence-corrected chi connectivity index (χ4v) is 3.47. The van der Waals surface area contributed by atoms with E-state index in [4.69, 9.17) is 0 Å². The second kappa shape index (κ2) is 7.62. The molecule has 1 aliphatic heterocycles. The van der Waals surface area contributed by atoms with Gasteiger partial charge in [0.25, 0.3) is 0 Å². The predicted octanol–water partition coefficient (Wildman–Crippen LogP) is 3.08. The summed E-state index contributed by atoms with van der Waals surface area (Å²) in [6, 6.07) is 6.76. The molecule has 2 heterocycles. The predicted molar refractivity (Wildman–Crippen MR) is 96.5 cm³/mol. The summed E-state index contributed by atoms with van der Waals surface area (Å²) in [7, 11) is 1.90. The van der Waals surface area contributed by atoms with Gasteiger partial charge in [0, 0.05) is 32.2 Å². The molecule has 0 spiro atoms. The Morgan fingerprint density at radius 1 is 1.30 bits per heavy atom. The number of alkyl halides is 3. The third kappa shape index (κ3) is 4.81. The largest absolute Gasteiger partial charge is 0.416 e. The van der Waals surface area contributed by atoms with Crippen LogP contribution in [0, 0.1) is 6.92 Å². The van der Waals surface area contributed by atoms with Gasteiger partial charge in [-0.15, -0.1) is 0 Å². The second-order valence-electron chi connectivity index (χ2n) is 6.99. The maximum atomic E-state index is 12.6. The lowest BCUT2D eigenvalue weighted by Gasteiger charge is -2.34. The lowest BCUT2D eigenvalue weighted by atomic mass is 10.0. The topological polar surface area (TPSA) is 50.2 Å². The molecule has 27 heavy (non-hydrogen) atoms. The number of carbonyl (C=O) groups is 1. The molecule has 0 radical (unpaired) electrons. The molecule has 1 aliphatic rings. The third-order valence-corrected chi connectivity index (χ3v) is 4.73. The van der Waals surface area contributed by atoms with Crippen LogP contribution in [0.5, 0.6) is 0 Å². The van der Waals surface area contributed by atoms with Crippen LogP contribution < -0.4 is 10.2 Å². The summed E-state index contributed by atoms with van der Waals surface area (Å²) in [5.74, 6) is 0.844. The lowest BCUT2D eigenvalue weighted by Crippen LogP contribution is -2.48. The van der Waals surface area contributed by atoms with Crippen LogP contribution in [-0.2, 0) is 24.4 Å². The molecule has 1 fully saturated rings. The number of anilines is 1. The van der Waals surface area contributed by atoms with E-state index in [1.165, 1.54) is 12.1 Å². The number of piperidine rings is 1. The first kappa shape index (κ1) is 19.3. The Balaban J connectivity index is 1.56. The average Bonchev–Trinajstić information content (AvgIpc) is 2.93. The monoisotopic (exact) mass is 380 g/mol. The molecular weight excluding hydrogens is 357 g/mol. The molecule has 1 aromatic heterocycles. The molecule has 8 heteroatoms. The Kier molecular flexibility index (Phi) is 5.43. The Bertz CT molecular complexity index is 798. The lowest BCUT2D eigenvalue weighted by molar-refractivity contribution is -0.137. The number of benzene rings is 1. The highest BCUT2D eigenvalue weighted by Gasteiger charge is 2.30. The molecule has 146 valence electrons. The van der Waals surface area contributed by atoms with E-state index >= 15 is 0 Å². The van der Waals surface area contributed by atoms with Gasteiger partial charge in [-0.1, -0.05) is 12.1 Å². The van der Waals surface area contributed by atoms with E-state index in [-0.39, 0.29) is 18.4 Å². The van der Waals surface area contributed by atoms with E-state index in [9.17, 15) is 18.0 Å². The molecule has 1 atom stereocenters. The van der Waals surface area contributed by atoms with Crippen molar-refractivity contribution < 1.29 is 18.0 Å². The van der Waals surface area contributed by atoms with Gasteiger partial charge in [-0.25, -0.2) is 0 Å². The molecule has 2 aromatic rings. The standard InChI is InChI=1S/C19H23F3N4O/c1-13-10-18(25(2)24-13)26-9-3-4-16(12-26)23-17(27)11-14-5-7-15(8-6-14)19(20,21)22/h5-8,10,16H,3-4,9,11-12H2,1-2H3,(H,23,27)/t16-/m1/s1. The highest BCUT2D eigenvalue weighted by molar-refractivity contribution is 5.79. The average molecular weight is 380 g/mol. The number of aryl methyl sites for hydroxylation is 2. The SMILES string of the molecule is Cc1cc(N2CCC[C@@H](NC(=O)Cc3ccc(C(F)(F)F)cc3)C2)n(C)n1. The van der Waals surface area contributed by atoms with Gasteiger partial charge < -0.3 is 10.2 Å². The molecular formula is C19H23F3N4O. The van der Waals surface area contributed by atoms with Crippen LogP contribution in [0.1, 0.15) is 29.7 Å². The molecule has 1 N–H and O–H groups in total. The van der Waals surface area contributed by atoms with Crippen molar-refractivity contribution in [1.29, 1.82) is 0 Å². The number of carbonyl (C=O) groups excluding carboxylic acids is 1. The van der Waals surface area contributed by atoms with Gasteiger partial charge in [0.2, 0.25) is 5.91 Å². The first-order valence-electron chi connectivity index (χ1n) is 8.93. The van der Waals surface area contributed by atoms with Crippen molar-refractivity contribution >= 4 is 11.7 Å². The van der Waals surface area contributed by atoms with Gasteiger partial charge in [0.05, 0.1) is 17.7 Å². The normalized spacial score (nSPS) is 17.8. The van der Waals surface area contributed by atoms with Crippen LogP contribution in [0.25, 0.3) is 0 Å². The van der Waals surface area contributed by atoms with E-state index in [0.717, 1.165) is 43.0 Å². The number of nitrogens with one attached hydrogen (secondary N) is 1. The summed E-state index contributed by atoms with van der Waals surface area (Å²) in [6.45, 7) is 3.54. The molecule has 3 rings (SSSR count). The summed E-state index contributed by atoms with van der Waals surface area (Å²) in [4.78, 5) is 14.5. The summed E-state index contributed by atoms with van der Waals surface area (Å²) < 4.78 is 39.7. The van der Waals surface area contributed by atoms with Crippen molar-refractivity contribution in [3.8, 4) is 0 Å². The number of aromatic nitrogens is 2. The summed E-state index contributed by atoms with van der Waals surface area (Å²) in [6.07, 6.45) is -2.46. The number of nitrogens with zero attached hydrogens (tertiary/aromatic N) is 3. The van der Waals surface area contributed by atoms with Crippen LogP contribution in [0.4, 0.5) is 19.0 Å². The minimum atomic E-state index is -4.36. The van der Waals surface area contributed by atoms with Crippen molar-refractivity contribution in [2.24, 2.45) is 7.05 Å². The Hall–Kier alpha value is -2.51. The molecule has 0 unspecified atom stereocenters. The maximum absolute atomic E-state index is 12.6. The number of rotatable bonds is 4. The zero-order valence-corrected chi connectivity index (χ0v) is 15.4. The van der Waals surface area contributed by atoms with Gasteiger partial charge in [-0.05, 0) is 37.5 Å². The van der Waals surface area contributed by atoms with Gasteiger partial charge in [0.1, 0.15) is 5.82 Å². The van der Waals surface area contributed by atoms with Crippen LogP contribution in [-0.4, -0.2) is 34.8 Å². The van der Waals surface area contributed by atoms with E-state index in [1.807, 2.05) is 24.7 Å². The maximum Gasteiger partial charge on any atom is 0.416 e. The minimum Gasteiger partial charge on any atom is -0.355 e. The van der Waals surface area contributed by atoms with E-state index in [2.05, 4.69) is 15.3 Å². The second-order valence-corrected chi connectivity index (χ2v) is 6.99. The van der Waals surface area contributed by atoms with Crippen LogP contribution >= 0.6 is 0 Å². The number of halogens is 3. The molecule has 0 saturated carbocycles. The van der Waals surface area contributed by atoms with Crippen molar-refractivity contribution in [2.75, 3.05) is 18.0 Å². The number of hydrogen-bond donors (Lipinski definition) is 1. The van der Waals surface area contributed by atoms with Crippen molar-refractivity contribution in [3.05, 3.63) is 47.2 Å². The van der Waals surface area contributed by atoms with Crippen LogP contribution in [0.2, 0.25) is 0 Å². The fraction of sp³-hybridized carbons (Fsp3) is 0.474. The zero-order valence-electron chi connectivity index (χ0n) is 15.4. The van der Waals surface area contributed by atoms with Gasteiger partial charge in [0.15, 0.2) is 0 Å². The quantitative estimate of drug-likeness (QED) is 0.887. The van der Waals surface area contributed by atoms with Crippen molar-refractivity contribution in [3.63, 3.8) is 0 Å². The number of hydrogen-bond acceptors (Lipinski definition) is 3.